The van der Waals surface area contributed by atoms with Crippen molar-refractivity contribution in [2.45, 2.75) is 0 Å². The van der Waals surface area contributed by atoms with E-state index in [1.54, 1.807) is 18.2 Å². The Bertz CT molecular complexity index is 3020. The van der Waals surface area contributed by atoms with E-state index in [1.807, 2.05) is 36.4 Å². The van der Waals surface area contributed by atoms with Gasteiger partial charge in [-0.05, 0) is 68.2 Å². The lowest BCUT2D eigenvalue weighted by atomic mass is 9.87. The smallest absolute Gasteiger partial charge is 0.136 e. The van der Waals surface area contributed by atoms with Gasteiger partial charge in [0.1, 0.15) is 22.7 Å². The molecule has 0 atom stereocenters. The highest BCUT2D eigenvalue weighted by molar-refractivity contribution is 6.23. The summed E-state index contributed by atoms with van der Waals surface area (Å²) in [5.41, 5.74) is 0.216. The van der Waals surface area contributed by atoms with Crippen LogP contribution < -0.4 is 4.74 Å². The summed E-state index contributed by atoms with van der Waals surface area (Å²) in [7, 11) is 0. The molecule has 0 radical (unpaired) electrons. The molecule has 0 amide bonds. The van der Waals surface area contributed by atoms with E-state index in [0.717, 1.165) is 10.8 Å². The summed E-state index contributed by atoms with van der Waals surface area (Å²) in [5, 5.41) is 2.54. The molecule has 1 aliphatic rings. The average Bonchev–Trinajstić information content (AvgIpc) is 3.56. The van der Waals surface area contributed by atoms with Crippen molar-refractivity contribution >= 4 is 43.5 Å². The van der Waals surface area contributed by atoms with Crippen LogP contribution in [-0.2, 0) is 0 Å². The first-order valence-corrected chi connectivity index (χ1v) is 12.5. The summed E-state index contributed by atoms with van der Waals surface area (Å²) in [6.07, 6.45) is 0. The van der Waals surface area contributed by atoms with Gasteiger partial charge >= 0.3 is 0 Å². The van der Waals surface area contributed by atoms with E-state index < -0.39 is 84.3 Å². The van der Waals surface area contributed by atoms with Crippen molar-refractivity contribution in [3.8, 4) is 44.9 Å². The van der Waals surface area contributed by atoms with E-state index in [1.165, 1.54) is 0 Å². The topological polar surface area (TPSA) is 22.4 Å². The van der Waals surface area contributed by atoms with Crippen LogP contribution in [0.25, 0.3) is 76.9 Å². The standard InChI is InChI=1S/C38H22O2/c1-2-10-24-23(9-1)19-21-35-37(24)38-30(16-8-18-33(38)40-35)26-12-4-3-11-25(26)27-20-22-34-36-29(27)14-7-15-31(36)28-13-5-6-17-32(28)39-34/h1-22H/i3D,4D,5D,6D,7D,11D,12D,13D,14D,15D,17D,20D,22D. The lowest BCUT2D eigenvalue weighted by Crippen LogP contribution is -1.98. The molecule has 1 aromatic heterocycles. The first-order valence-electron chi connectivity index (χ1n) is 19.0. The van der Waals surface area contributed by atoms with Crippen LogP contribution in [0, 0.1) is 0 Å². The van der Waals surface area contributed by atoms with Crippen molar-refractivity contribution in [3.05, 3.63) is 133 Å². The fourth-order valence-corrected chi connectivity index (χ4v) is 5.67. The number of furan rings is 1. The summed E-state index contributed by atoms with van der Waals surface area (Å²) >= 11 is 0. The summed E-state index contributed by atoms with van der Waals surface area (Å²) < 4.78 is 128. The van der Waals surface area contributed by atoms with Gasteiger partial charge < -0.3 is 9.15 Å². The van der Waals surface area contributed by atoms with Crippen LogP contribution in [0.15, 0.2) is 138 Å². The van der Waals surface area contributed by atoms with Crippen molar-refractivity contribution in [2.24, 2.45) is 0 Å². The Morgan fingerprint density at radius 3 is 2.12 bits per heavy atom. The van der Waals surface area contributed by atoms with E-state index in [9.17, 15) is 5.48 Å². The van der Waals surface area contributed by atoms with E-state index in [-0.39, 0.29) is 44.3 Å². The number of benzene rings is 7. The summed E-state index contributed by atoms with van der Waals surface area (Å²) in [6, 6.07) is 8.66. The fraction of sp³-hybridized carbons (Fsp3) is 0. The van der Waals surface area contributed by atoms with Crippen molar-refractivity contribution in [1.29, 1.82) is 0 Å². The quantitative estimate of drug-likeness (QED) is 0.225. The lowest BCUT2D eigenvalue weighted by Gasteiger charge is -2.23. The molecule has 0 unspecified atom stereocenters. The highest BCUT2D eigenvalue weighted by Gasteiger charge is 2.23. The molecule has 0 bridgehead atoms. The van der Waals surface area contributed by atoms with Crippen LogP contribution in [0.4, 0.5) is 0 Å². The number of fused-ring (bicyclic) bond motifs is 7. The number of ether oxygens (including phenoxy) is 1. The normalized spacial score (nSPS) is 16.8. The van der Waals surface area contributed by atoms with Crippen LogP contribution in [0.1, 0.15) is 17.8 Å². The lowest BCUT2D eigenvalue weighted by molar-refractivity contribution is 0.487. The molecule has 0 saturated carbocycles. The van der Waals surface area contributed by atoms with Crippen LogP contribution in [-0.4, -0.2) is 0 Å². The molecule has 2 heteroatoms. The minimum Gasteiger partial charge on any atom is -0.456 e. The monoisotopic (exact) mass is 523 g/mol. The molecular weight excluding hydrogens is 488 g/mol. The number of hydrogen-bond donors (Lipinski definition) is 0. The first-order chi connectivity index (χ1) is 25.3. The molecular formula is C38H22O2. The molecule has 9 rings (SSSR count). The maximum atomic E-state index is 9.37. The van der Waals surface area contributed by atoms with E-state index in [2.05, 4.69) is 0 Å². The second-order valence-corrected chi connectivity index (χ2v) is 9.45. The molecule has 8 aromatic rings. The van der Waals surface area contributed by atoms with Crippen LogP contribution in [0.3, 0.4) is 0 Å². The van der Waals surface area contributed by atoms with Crippen LogP contribution in [0.5, 0.6) is 11.5 Å². The fourth-order valence-electron chi connectivity index (χ4n) is 5.67. The van der Waals surface area contributed by atoms with Gasteiger partial charge in [0.25, 0.3) is 0 Å². The Labute approximate surface area is 248 Å². The van der Waals surface area contributed by atoms with Gasteiger partial charge in [-0.25, -0.2) is 0 Å². The Morgan fingerprint density at radius 2 is 1.20 bits per heavy atom. The third-order valence-electron chi connectivity index (χ3n) is 7.35. The van der Waals surface area contributed by atoms with E-state index >= 15 is 0 Å². The molecule has 7 aromatic carbocycles. The average molecular weight is 524 g/mol. The van der Waals surface area contributed by atoms with E-state index in [4.69, 9.17) is 21.5 Å². The Hall–Kier alpha value is -5.34. The second kappa shape index (κ2) is 8.08. The number of hydrogen-bond acceptors (Lipinski definition) is 2. The zero-order valence-corrected chi connectivity index (χ0v) is 20.5. The zero-order chi connectivity index (χ0) is 37.5. The molecule has 0 fully saturated rings. The van der Waals surface area contributed by atoms with Gasteiger partial charge in [0, 0.05) is 21.7 Å². The molecule has 186 valence electrons. The third-order valence-corrected chi connectivity index (χ3v) is 7.35. The van der Waals surface area contributed by atoms with Crippen molar-refractivity contribution in [2.75, 3.05) is 0 Å². The van der Waals surface area contributed by atoms with Crippen molar-refractivity contribution < 1.29 is 27.0 Å². The first kappa shape index (κ1) is 12.7. The van der Waals surface area contributed by atoms with Crippen LogP contribution >= 0.6 is 0 Å². The van der Waals surface area contributed by atoms with Gasteiger partial charge in [-0.15, -0.1) is 0 Å². The molecule has 1 aliphatic heterocycles. The number of para-hydroxylation sites is 1. The zero-order valence-electron chi connectivity index (χ0n) is 33.5. The third kappa shape index (κ3) is 2.93. The predicted molar refractivity (Wildman–Crippen MR) is 165 cm³/mol. The van der Waals surface area contributed by atoms with E-state index in [0.29, 0.717) is 27.5 Å². The summed E-state index contributed by atoms with van der Waals surface area (Å²) in [5.74, 6) is -0.774. The molecule has 0 spiro atoms. The molecule has 2 nitrogen and oxygen atoms in total. The van der Waals surface area contributed by atoms with Gasteiger partial charge in [-0.3, -0.25) is 0 Å². The molecule has 0 aliphatic carbocycles. The second-order valence-electron chi connectivity index (χ2n) is 9.45. The Kier molecular flexibility index (Phi) is 2.56. The highest BCUT2D eigenvalue weighted by Crippen LogP contribution is 2.50. The van der Waals surface area contributed by atoms with Crippen molar-refractivity contribution in [3.63, 3.8) is 0 Å². The largest absolute Gasteiger partial charge is 0.456 e. The van der Waals surface area contributed by atoms with Gasteiger partial charge in [0.05, 0.1) is 17.8 Å². The summed E-state index contributed by atoms with van der Waals surface area (Å²) in [6.45, 7) is 0. The van der Waals surface area contributed by atoms with Gasteiger partial charge in [0.2, 0.25) is 0 Å². The SMILES string of the molecule is [2H]c1c([2H])c([2H])c2c(c1[2H])Oc1c([2H])c([2H])c(-c3c([2H])c([2H])c([2H])c([2H])c3-c3cccc4oc5ccc6ccccc6c5c34)c3c([2H])c([2H])c([2H])c-2c13. The highest BCUT2D eigenvalue weighted by atomic mass is 16.5. The minimum atomic E-state index is -0.658. The Morgan fingerprint density at radius 1 is 0.425 bits per heavy atom. The Balaban J connectivity index is 1.51. The van der Waals surface area contributed by atoms with Gasteiger partial charge in [-0.1, -0.05) is 109 Å². The predicted octanol–water partition coefficient (Wildman–Crippen LogP) is 11.0. The van der Waals surface area contributed by atoms with Gasteiger partial charge in [-0.2, -0.15) is 0 Å². The summed E-state index contributed by atoms with van der Waals surface area (Å²) in [4.78, 5) is 0. The molecule has 40 heavy (non-hydrogen) atoms. The van der Waals surface area contributed by atoms with Crippen molar-refractivity contribution in [1.82, 2.24) is 0 Å². The maximum absolute atomic E-state index is 9.37. The molecule has 0 N–H and O–H groups in total. The number of rotatable bonds is 2. The maximum Gasteiger partial charge on any atom is 0.136 e. The molecule has 0 saturated heterocycles. The van der Waals surface area contributed by atoms with Crippen LogP contribution in [0.2, 0.25) is 0 Å². The minimum absolute atomic E-state index is 0.0538. The molecule has 2 heterocycles. The van der Waals surface area contributed by atoms with Gasteiger partial charge in [0.15, 0.2) is 0 Å².